The Labute approximate surface area is 323 Å². The summed E-state index contributed by atoms with van der Waals surface area (Å²) in [5.41, 5.74) is 4.44. The standard InChI is InChI=1S/C39H48N2O11S3/c1-38(22-8-4-7-17-33(42)43)31(40-24-11-13-27-18-20-29(54(47,48)49)34(38)36(27)40)15-5-3-6-16-32-39(2,23-9-10-26-53(44,45)46)35-30(55(50,51)52)21-19-28-14-12-25-41(32)37(28)35/h3,5-6,15-16,18-21H,4,7-14,17,22-26H2,1-2H3,(H3-,42,43,44,45,46,47,48,49,50,51,52)/p+1. The molecule has 2 atom stereocenters. The van der Waals surface area contributed by atoms with E-state index in [1.165, 1.54) is 12.1 Å². The summed E-state index contributed by atoms with van der Waals surface area (Å²) >= 11 is 0. The molecule has 13 nitrogen and oxygen atoms in total. The maximum Gasteiger partial charge on any atom is 0.303 e. The first-order chi connectivity index (χ1) is 25.8. The number of unbranched alkanes of at least 4 members (excludes halogenated alkanes) is 3. The van der Waals surface area contributed by atoms with Gasteiger partial charge in [0.2, 0.25) is 5.69 Å². The van der Waals surface area contributed by atoms with Gasteiger partial charge in [0, 0.05) is 53.4 Å². The Morgan fingerprint density at radius 3 is 2.09 bits per heavy atom. The second-order valence-corrected chi connectivity index (χ2v) is 19.7. The van der Waals surface area contributed by atoms with Gasteiger partial charge < -0.3 is 10.0 Å². The molecule has 4 N–H and O–H groups in total. The number of hydrogen-bond donors (Lipinski definition) is 4. The average Bonchev–Trinajstić information content (AvgIpc) is 3.49. The van der Waals surface area contributed by atoms with Crippen molar-refractivity contribution in [2.75, 3.05) is 23.7 Å². The van der Waals surface area contributed by atoms with Crippen molar-refractivity contribution in [1.29, 1.82) is 0 Å². The van der Waals surface area contributed by atoms with Crippen LogP contribution < -0.4 is 4.90 Å². The minimum atomic E-state index is -4.61. The molecule has 298 valence electrons. The van der Waals surface area contributed by atoms with Gasteiger partial charge in [-0.05, 0) is 82.6 Å². The van der Waals surface area contributed by atoms with Crippen LogP contribution >= 0.6 is 0 Å². The summed E-state index contributed by atoms with van der Waals surface area (Å²) in [5.74, 6) is -1.30. The zero-order valence-corrected chi connectivity index (χ0v) is 33.5. The second kappa shape index (κ2) is 15.3. The van der Waals surface area contributed by atoms with Crippen molar-refractivity contribution in [3.63, 3.8) is 0 Å². The molecule has 4 aliphatic rings. The van der Waals surface area contributed by atoms with Crippen molar-refractivity contribution in [3.05, 3.63) is 82.6 Å². The molecule has 4 heterocycles. The fraction of sp³-hybridized carbons (Fsp3) is 0.487. The van der Waals surface area contributed by atoms with Crippen LogP contribution in [0.15, 0.2) is 70.1 Å². The van der Waals surface area contributed by atoms with Gasteiger partial charge in [0.05, 0.1) is 16.7 Å². The van der Waals surface area contributed by atoms with Crippen LogP contribution in [0.25, 0.3) is 0 Å². The fourth-order valence-corrected chi connectivity index (χ4v) is 11.5. The van der Waals surface area contributed by atoms with Crippen molar-refractivity contribution < 1.29 is 53.4 Å². The van der Waals surface area contributed by atoms with Crippen molar-refractivity contribution >= 4 is 53.4 Å². The first-order valence-electron chi connectivity index (χ1n) is 18.7. The number of carboxylic acid groups (broad SMARTS) is 1. The minimum absolute atomic E-state index is 0.0428. The SMILES string of the molecule is CC1(CCCCS(=O)(=O)O)C(/C=C/C=C/C=C2/N3CCCc4ccc(S(=O)(=O)O)c(c43)C2(C)CCCCCC(=O)O)=[N+]2CCCc3ccc(S(=O)(=O)O)c1c32. The Hall–Kier alpha value is -3.67. The highest BCUT2D eigenvalue weighted by molar-refractivity contribution is 7.86. The monoisotopic (exact) mass is 817 g/mol. The second-order valence-electron chi connectivity index (χ2n) is 15.4. The fourth-order valence-electron chi connectivity index (χ4n) is 9.27. The average molecular weight is 818 g/mol. The summed E-state index contributed by atoms with van der Waals surface area (Å²) in [6, 6.07) is 6.41. The molecule has 0 saturated carbocycles. The van der Waals surface area contributed by atoms with Crippen LogP contribution in [-0.4, -0.2) is 79.1 Å². The summed E-state index contributed by atoms with van der Waals surface area (Å²) < 4.78 is 106. The minimum Gasteiger partial charge on any atom is -0.481 e. The van der Waals surface area contributed by atoms with E-state index in [0.717, 1.165) is 59.6 Å². The predicted molar refractivity (Wildman–Crippen MR) is 208 cm³/mol. The van der Waals surface area contributed by atoms with Gasteiger partial charge in [-0.1, -0.05) is 49.6 Å². The third-order valence-corrected chi connectivity index (χ3v) is 14.2. The Balaban J connectivity index is 1.38. The number of hydrogen-bond acceptors (Lipinski definition) is 8. The number of carbonyl (C=O) groups is 1. The molecule has 16 heteroatoms. The van der Waals surface area contributed by atoms with Crippen LogP contribution in [0.4, 0.5) is 11.4 Å². The van der Waals surface area contributed by atoms with Crippen LogP contribution in [0.1, 0.15) is 100 Å². The quantitative estimate of drug-likeness (QED) is 0.0638. The highest BCUT2D eigenvalue weighted by Crippen LogP contribution is 2.56. The van der Waals surface area contributed by atoms with Gasteiger partial charge in [-0.2, -0.15) is 29.8 Å². The number of nitrogens with zero attached hydrogens (tertiary/aromatic N) is 2. The third kappa shape index (κ3) is 8.12. The van der Waals surface area contributed by atoms with Crippen molar-refractivity contribution in [2.45, 2.75) is 112 Å². The molecule has 4 aliphatic heterocycles. The summed E-state index contributed by atoms with van der Waals surface area (Å²) in [4.78, 5) is 13.0. The van der Waals surface area contributed by atoms with Gasteiger partial charge in [0.15, 0.2) is 5.71 Å². The topological polar surface area (TPSA) is 207 Å². The van der Waals surface area contributed by atoms with Crippen LogP contribution in [0.2, 0.25) is 0 Å². The Morgan fingerprint density at radius 1 is 0.782 bits per heavy atom. The van der Waals surface area contributed by atoms with Gasteiger partial charge >= 0.3 is 5.97 Å². The molecule has 0 radical (unpaired) electrons. The van der Waals surface area contributed by atoms with Gasteiger partial charge in [-0.3, -0.25) is 18.5 Å². The lowest BCUT2D eigenvalue weighted by atomic mass is 9.74. The predicted octanol–water partition coefficient (Wildman–Crippen LogP) is 6.30. The first kappa shape index (κ1) is 41.0. The van der Waals surface area contributed by atoms with Crippen molar-refractivity contribution in [2.24, 2.45) is 0 Å². The van der Waals surface area contributed by atoms with E-state index in [0.29, 0.717) is 62.7 Å². The third-order valence-electron chi connectivity index (χ3n) is 11.6. The van der Waals surface area contributed by atoms with Gasteiger partial charge in [-0.25, -0.2) is 0 Å². The lowest BCUT2D eigenvalue weighted by Crippen LogP contribution is -2.32. The molecular weight excluding hydrogens is 769 g/mol. The molecule has 0 aromatic heterocycles. The van der Waals surface area contributed by atoms with Crippen LogP contribution in [-0.2, 0) is 58.8 Å². The van der Waals surface area contributed by atoms with E-state index < -0.39 is 52.9 Å². The molecule has 2 aromatic carbocycles. The Bertz CT molecular complexity index is 2360. The zero-order valence-electron chi connectivity index (χ0n) is 31.1. The van der Waals surface area contributed by atoms with Crippen LogP contribution in [0.5, 0.6) is 0 Å². The molecule has 0 fully saturated rings. The Kier molecular flexibility index (Phi) is 11.4. The van der Waals surface area contributed by atoms with E-state index in [9.17, 15) is 43.7 Å². The highest BCUT2D eigenvalue weighted by Gasteiger charge is 2.52. The van der Waals surface area contributed by atoms with E-state index >= 15 is 0 Å². The van der Waals surface area contributed by atoms with Crippen molar-refractivity contribution in [3.8, 4) is 0 Å². The lowest BCUT2D eigenvalue weighted by molar-refractivity contribution is -0.443. The van der Waals surface area contributed by atoms with E-state index in [1.807, 2.05) is 44.2 Å². The van der Waals surface area contributed by atoms with E-state index in [2.05, 4.69) is 9.48 Å². The molecule has 0 aliphatic carbocycles. The molecule has 2 unspecified atom stereocenters. The van der Waals surface area contributed by atoms with Crippen molar-refractivity contribution in [1.82, 2.24) is 0 Å². The van der Waals surface area contributed by atoms with Crippen LogP contribution in [0.3, 0.4) is 0 Å². The maximum atomic E-state index is 12.7. The van der Waals surface area contributed by atoms with Gasteiger partial charge in [-0.15, -0.1) is 0 Å². The van der Waals surface area contributed by atoms with E-state index in [1.54, 1.807) is 12.1 Å². The Morgan fingerprint density at radius 2 is 1.42 bits per heavy atom. The molecule has 0 saturated heterocycles. The lowest BCUT2D eigenvalue weighted by Gasteiger charge is -2.32. The number of aliphatic carboxylic acids is 1. The van der Waals surface area contributed by atoms with Gasteiger partial charge in [0.1, 0.15) is 16.3 Å². The summed E-state index contributed by atoms with van der Waals surface area (Å²) in [6.07, 6.45) is 15.7. The summed E-state index contributed by atoms with van der Waals surface area (Å²) in [6.45, 7) is 5.13. The number of allylic oxidation sites excluding steroid dienone is 6. The van der Waals surface area contributed by atoms with E-state index in [4.69, 9.17) is 5.11 Å². The molecule has 0 bridgehead atoms. The summed E-state index contributed by atoms with van der Waals surface area (Å²) in [5, 5.41) is 9.13. The van der Waals surface area contributed by atoms with E-state index in [-0.39, 0.29) is 22.6 Å². The zero-order chi connectivity index (χ0) is 40.0. The number of benzene rings is 2. The highest BCUT2D eigenvalue weighted by atomic mass is 32.2. The normalized spacial score (nSPS) is 23.0. The number of anilines is 1. The maximum absolute atomic E-state index is 12.7. The molecule has 0 spiro atoms. The molecular formula is C39H49N2O11S3+. The largest absolute Gasteiger partial charge is 0.481 e. The molecule has 2 aromatic rings. The molecule has 55 heavy (non-hydrogen) atoms. The van der Waals surface area contributed by atoms with Crippen LogP contribution in [0, 0.1) is 0 Å². The van der Waals surface area contributed by atoms with Gasteiger partial charge in [0.25, 0.3) is 30.4 Å². The molecule has 6 rings (SSSR count). The summed E-state index contributed by atoms with van der Waals surface area (Å²) in [7, 11) is -13.4. The number of carboxylic acids is 1. The number of rotatable bonds is 16. The first-order valence-corrected chi connectivity index (χ1v) is 23.2. The number of aryl methyl sites for hydroxylation is 2. The smallest absolute Gasteiger partial charge is 0.303 e. The molecule has 0 amide bonds.